The molecule has 0 bridgehead atoms. The van der Waals surface area contributed by atoms with Crippen molar-refractivity contribution >= 4 is 5.91 Å². The summed E-state index contributed by atoms with van der Waals surface area (Å²) >= 11 is 0. The third kappa shape index (κ3) is 4.58. The van der Waals surface area contributed by atoms with Crippen LogP contribution in [0.25, 0.3) is 0 Å². The summed E-state index contributed by atoms with van der Waals surface area (Å²) in [7, 11) is 0. The van der Waals surface area contributed by atoms with E-state index < -0.39 is 0 Å². The average molecular weight is 255 g/mol. The smallest absolute Gasteiger partial charge is 0.237 e. The fourth-order valence-electron chi connectivity index (χ4n) is 2.55. The first-order valence-corrected chi connectivity index (χ1v) is 7.30. The lowest BCUT2D eigenvalue weighted by atomic mass is 10.1. The lowest BCUT2D eigenvalue weighted by molar-refractivity contribution is -0.126. The van der Waals surface area contributed by atoms with Crippen LogP contribution in [0.3, 0.4) is 0 Å². The van der Waals surface area contributed by atoms with Gasteiger partial charge in [0.1, 0.15) is 0 Å². The number of carbonyl (C=O) groups excluding carboxylic acids is 1. The highest BCUT2D eigenvalue weighted by Crippen LogP contribution is 2.12. The van der Waals surface area contributed by atoms with Crippen LogP contribution in [0.5, 0.6) is 0 Å². The van der Waals surface area contributed by atoms with Gasteiger partial charge in [0.15, 0.2) is 0 Å². The Morgan fingerprint density at radius 2 is 2.17 bits per heavy atom. The lowest BCUT2D eigenvalue weighted by Crippen LogP contribution is -2.50. The number of hydrogen-bond acceptors (Lipinski definition) is 3. The summed E-state index contributed by atoms with van der Waals surface area (Å²) < 4.78 is 0. The van der Waals surface area contributed by atoms with Crippen LogP contribution in [0.1, 0.15) is 40.5 Å². The van der Waals surface area contributed by atoms with Gasteiger partial charge in [0, 0.05) is 19.1 Å². The Morgan fingerprint density at radius 1 is 1.44 bits per heavy atom. The summed E-state index contributed by atoms with van der Waals surface area (Å²) in [5.74, 6) is 0.811. The van der Waals surface area contributed by atoms with Crippen molar-refractivity contribution < 1.29 is 4.79 Å². The van der Waals surface area contributed by atoms with Crippen molar-refractivity contribution in [2.75, 3.05) is 26.2 Å². The highest BCUT2D eigenvalue weighted by atomic mass is 16.2. The van der Waals surface area contributed by atoms with E-state index in [2.05, 4.69) is 36.3 Å². The molecule has 0 saturated carbocycles. The minimum atomic E-state index is -0.0212. The van der Waals surface area contributed by atoms with E-state index in [0.29, 0.717) is 12.0 Å². The molecule has 106 valence electrons. The van der Waals surface area contributed by atoms with Gasteiger partial charge in [-0.25, -0.2) is 0 Å². The normalized spacial score (nSPS) is 21.6. The second kappa shape index (κ2) is 7.74. The SMILES string of the molecule is CCN(C1CCNC1)C(C)C(=O)NCCC(C)C. The van der Waals surface area contributed by atoms with Crippen LogP contribution in [0.4, 0.5) is 0 Å². The van der Waals surface area contributed by atoms with Crippen LogP contribution in [0.2, 0.25) is 0 Å². The van der Waals surface area contributed by atoms with Crippen LogP contribution in [-0.4, -0.2) is 49.1 Å². The fourth-order valence-corrected chi connectivity index (χ4v) is 2.55. The van der Waals surface area contributed by atoms with Gasteiger partial charge in [-0.2, -0.15) is 0 Å². The van der Waals surface area contributed by atoms with E-state index in [1.807, 2.05) is 6.92 Å². The van der Waals surface area contributed by atoms with E-state index in [1.54, 1.807) is 0 Å². The lowest BCUT2D eigenvalue weighted by Gasteiger charge is -2.32. The van der Waals surface area contributed by atoms with Gasteiger partial charge in [0.05, 0.1) is 6.04 Å². The van der Waals surface area contributed by atoms with E-state index >= 15 is 0 Å². The monoisotopic (exact) mass is 255 g/mol. The Balaban J connectivity index is 2.39. The molecular formula is C14H29N3O. The maximum absolute atomic E-state index is 12.1. The molecule has 4 nitrogen and oxygen atoms in total. The second-order valence-corrected chi connectivity index (χ2v) is 5.63. The van der Waals surface area contributed by atoms with Crippen molar-refractivity contribution in [2.24, 2.45) is 5.92 Å². The molecule has 4 heteroatoms. The summed E-state index contributed by atoms with van der Waals surface area (Å²) in [6, 6.07) is 0.493. The van der Waals surface area contributed by atoms with Gasteiger partial charge < -0.3 is 10.6 Å². The number of amides is 1. The largest absolute Gasteiger partial charge is 0.355 e. The Hall–Kier alpha value is -0.610. The van der Waals surface area contributed by atoms with Crippen LogP contribution < -0.4 is 10.6 Å². The van der Waals surface area contributed by atoms with E-state index in [4.69, 9.17) is 0 Å². The minimum absolute atomic E-state index is 0.0212. The Kier molecular flexibility index (Phi) is 6.65. The van der Waals surface area contributed by atoms with Gasteiger partial charge in [-0.05, 0) is 38.8 Å². The molecule has 0 aromatic heterocycles. The highest BCUT2D eigenvalue weighted by molar-refractivity contribution is 5.81. The van der Waals surface area contributed by atoms with E-state index in [1.165, 1.54) is 0 Å². The number of carbonyl (C=O) groups is 1. The van der Waals surface area contributed by atoms with E-state index in [-0.39, 0.29) is 11.9 Å². The van der Waals surface area contributed by atoms with Crippen molar-refractivity contribution in [3.05, 3.63) is 0 Å². The summed E-state index contributed by atoms with van der Waals surface area (Å²) in [6.45, 7) is 12.3. The zero-order valence-corrected chi connectivity index (χ0v) is 12.3. The van der Waals surface area contributed by atoms with Gasteiger partial charge in [-0.3, -0.25) is 9.69 Å². The van der Waals surface area contributed by atoms with Crippen LogP contribution in [-0.2, 0) is 4.79 Å². The number of nitrogens with zero attached hydrogens (tertiary/aromatic N) is 1. The van der Waals surface area contributed by atoms with Crippen molar-refractivity contribution in [3.63, 3.8) is 0 Å². The number of hydrogen-bond donors (Lipinski definition) is 2. The molecule has 1 aliphatic rings. The van der Waals surface area contributed by atoms with Crippen molar-refractivity contribution in [3.8, 4) is 0 Å². The second-order valence-electron chi connectivity index (χ2n) is 5.63. The fraction of sp³-hybridized carbons (Fsp3) is 0.929. The van der Waals surface area contributed by atoms with Gasteiger partial charge in [-0.1, -0.05) is 20.8 Å². The maximum Gasteiger partial charge on any atom is 0.237 e. The zero-order chi connectivity index (χ0) is 13.5. The van der Waals surface area contributed by atoms with Gasteiger partial charge in [-0.15, -0.1) is 0 Å². The predicted octanol–water partition coefficient (Wildman–Crippen LogP) is 1.22. The van der Waals surface area contributed by atoms with Crippen molar-refractivity contribution in [2.45, 2.75) is 52.6 Å². The molecule has 2 unspecified atom stereocenters. The van der Waals surface area contributed by atoms with E-state index in [9.17, 15) is 4.79 Å². The van der Waals surface area contributed by atoms with Crippen molar-refractivity contribution in [1.82, 2.24) is 15.5 Å². The topological polar surface area (TPSA) is 44.4 Å². The standard InChI is InChI=1S/C14H29N3O/c1-5-17(13-7-8-15-10-13)12(4)14(18)16-9-6-11(2)3/h11-13,15H,5-10H2,1-4H3,(H,16,18). The Morgan fingerprint density at radius 3 is 2.67 bits per heavy atom. The predicted molar refractivity (Wildman–Crippen MR) is 75.6 cm³/mol. The first kappa shape index (κ1) is 15.4. The van der Waals surface area contributed by atoms with Gasteiger partial charge in [0.2, 0.25) is 5.91 Å². The summed E-state index contributed by atoms with van der Waals surface area (Å²) in [4.78, 5) is 14.4. The molecule has 1 fully saturated rings. The molecule has 0 aromatic rings. The third-order valence-electron chi connectivity index (χ3n) is 3.77. The first-order valence-electron chi connectivity index (χ1n) is 7.30. The molecular weight excluding hydrogens is 226 g/mol. The van der Waals surface area contributed by atoms with Gasteiger partial charge >= 0.3 is 0 Å². The average Bonchev–Trinajstić information content (AvgIpc) is 2.83. The molecule has 18 heavy (non-hydrogen) atoms. The molecule has 1 heterocycles. The number of likely N-dealkylation sites (N-methyl/N-ethyl adjacent to an activating group) is 1. The molecule has 1 rings (SSSR count). The van der Waals surface area contributed by atoms with E-state index in [0.717, 1.165) is 39.0 Å². The van der Waals surface area contributed by atoms with Crippen LogP contribution in [0, 0.1) is 5.92 Å². The summed E-state index contributed by atoms with van der Waals surface area (Å²) in [5.41, 5.74) is 0. The summed E-state index contributed by atoms with van der Waals surface area (Å²) in [6.07, 6.45) is 2.20. The number of rotatable bonds is 7. The van der Waals surface area contributed by atoms with Crippen LogP contribution in [0.15, 0.2) is 0 Å². The highest BCUT2D eigenvalue weighted by Gasteiger charge is 2.28. The third-order valence-corrected chi connectivity index (χ3v) is 3.77. The van der Waals surface area contributed by atoms with Crippen LogP contribution >= 0.6 is 0 Å². The molecule has 1 saturated heterocycles. The first-order chi connectivity index (χ1) is 8.56. The summed E-state index contributed by atoms with van der Waals surface area (Å²) in [5, 5.41) is 6.42. The van der Waals surface area contributed by atoms with Crippen molar-refractivity contribution in [1.29, 1.82) is 0 Å². The molecule has 0 aliphatic carbocycles. The minimum Gasteiger partial charge on any atom is -0.355 e. The molecule has 0 spiro atoms. The number of nitrogens with one attached hydrogen (secondary N) is 2. The molecule has 2 atom stereocenters. The molecule has 2 N–H and O–H groups in total. The quantitative estimate of drug-likeness (QED) is 0.719. The Labute approximate surface area is 111 Å². The van der Waals surface area contributed by atoms with Gasteiger partial charge in [0.25, 0.3) is 0 Å². The molecule has 0 radical (unpaired) electrons. The molecule has 1 amide bonds. The maximum atomic E-state index is 12.1. The molecule has 1 aliphatic heterocycles. The zero-order valence-electron chi connectivity index (χ0n) is 12.3. The Bertz CT molecular complexity index is 249. The molecule has 0 aromatic carbocycles.